The summed E-state index contributed by atoms with van der Waals surface area (Å²) in [5, 5.41) is 8.52. The lowest BCUT2D eigenvalue weighted by molar-refractivity contribution is -0.125. The van der Waals surface area contributed by atoms with Crippen molar-refractivity contribution in [3.05, 3.63) is 77.1 Å². The smallest absolute Gasteiger partial charge is 0.267 e. The molecule has 0 aliphatic carbocycles. The summed E-state index contributed by atoms with van der Waals surface area (Å²) >= 11 is 1.83. The van der Waals surface area contributed by atoms with Crippen LogP contribution >= 0.6 is 11.8 Å². The minimum atomic E-state index is -0.613. The molecule has 1 saturated heterocycles. The van der Waals surface area contributed by atoms with Gasteiger partial charge in [-0.2, -0.15) is 11.8 Å². The first kappa shape index (κ1) is 20.8. The number of benzene rings is 2. The highest BCUT2D eigenvalue weighted by Crippen LogP contribution is 2.23. The Morgan fingerprint density at radius 1 is 1.00 bits per heavy atom. The molecular weight excluding hydrogens is 391 g/mol. The van der Waals surface area contributed by atoms with Gasteiger partial charge in [0.05, 0.1) is 0 Å². The molecule has 0 radical (unpaired) electrons. The van der Waals surface area contributed by atoms with Gasteiger partial charge in [-0.05, 0) is 41.0 Å². The normalized spacial score (nSPS) is 14.8. The molecule has 7 heteroatoms. The fourth-order valence-electron chi connectivity index (χ4n) is 2.91. The third-order valence-corrected chi connectivity index (χ3v) is 5.41. The van der Waals surface area contributed by atoms with E-state index >= 15 is 0 Å². The Hall–Kier alpha value is -2.90. The van der Waals surface area contributed by atoms with Crippen molar-refractivity contribution in [1.82, 2.24) is 10.4 Å². The van der Waals surface area contributed by atoms with Crippen molar-refractivity contribution >= 4 is 41.3 Å². The molecule has 29 heavy (non-hydrogen) atoms. The fraction of sp³-hybridized carbons (Fsp3) is 0.182. The lowest BCUT2D eigenvalue weighted by Gasteiger charge is -2.27. The molecule has 1 aliphatic rings. The average Bonchev–Trinajstić information content (AvgIpc) is 2.77. The van der Waals surface area contributed by atoms with E-state index in [9.17, 15) is 14.0 Å². The van der Waals surface area contributed by atoms with E-state index in [1.165, 1.54) is 23.7 Å². The fourth-order valence-corrected chi connectivity index (χ4v) is 3.82. The van der Waals surface area contributed by atoms with E-state index in [2.05, 4.69) is 0 Å². The van der Waals surface area contributed by atoms with E-state index in [0.717, 1.165) is 22.6 Å². The molecule has 2 N–H and O–H groups in total. The van der Waals surface area contributed by atoms with Crippen molar-refractivity contribution in [3.8, 4) is 0 Å². The van der Waals surface area contributed by atoms with Crippen LogP contribution in [0.25, 0.3) is 17.7 Å². The molecule has 0 aromatic heterocycles. The number of hydroxylamine groups is 1. The van der Waals surface area contributed by atoms with Gasteiger partial charge in [0, 0.05) is 36.2 Å². The molecule has 1 aliphatic heterocycles. The van der Waals surface area contributed by atoms with Gasteiger partial charge in [-0.25, -0.2) is 9.87 Å². The molecule has 2 aromatic carbocycles. The molecule has 0 bridgehead atoms. The summed E-state index contributed by atoms with van der Waals surface area (Å²) in [4.78, 5) is 26.0. The Balaban J connectivity index is 1.89. The van der Waals surface area contributed by atoms with Crippen LogP contribution < -0.4 is 5.48 Å². The second kappa shape index (κ2) is 10.0. The number of carbonyl (C=O) groups excluding carboxylic acids is 2. The van der Waals surface area contributed by atoms with E-state index in [1.807, 2.05) is 28.8 Å². The van der Waals surface area contributed by atoms with Gasteiger partial charge in [-0.1, -0.05) is 36.4 Å². The van der Waals surface area contributed by atoms with E-state index in [-0.39, 0.29) is 11.7 Å². The lowest BCUT2D eigenvalue weighted by Crippen LogP contribution is -2.38. The summed E-state index contributed by atoms with van der Waals surface area (Å²) in [6.07, 6.45) is 4.58. The topological polar surface area (TPSA) is 69.6 Å². The van der Waals surface area contributed by atoms with Gasteiger partial charge in [0.1, 0.15) is 5.82 Å². The van der Waals surface area contributed by atoms with Gasteiger partial charge in [0.15, 0.2) is 0 Å². The van der Waals surface area contributed by atoms with Crippen molar-refractivity contribution in [1.29, 1.82) is 0 Å². The molecular formula is C22H21FN2O3S. The van der Waals surface area contributed by atoms with E-state index in [4.69, 9.17) is 5.21 Å². The van der Waals surface area contributed by atoms with Crippen LogP contribution in [-0.2, 0) is 9.59 Å². The van der Waals surface area contributed by atoms with Crippen LogP contribution in [0.3, 0.4) is 0 Å². The predicted octanol–water partition coefficient (Wildman–Crippen LogP) is 3.46. The zero-order valence-electron chi connectivity index (χ0n) is 15.7. The van der Waals surface area contributed by atoms with Crippen LogP contribution in [0.2, 0.25) is 0 Å². The Morgan fingerprint density at radius 3 is 2.24 bits per heavy atom. The van der Waals surface area contributed by atoms with Crippen molar-refractivity contribution in [2.45, 2.75) is 0 Å². The molecule has 1 heterocycles. The number of hydrogen-bond acceptors (Lipinski definition) is 4. The Labute approximate surface area is 172 Å². The average molecular weight is 412 g/mol. The van der Waals surface area contributed by atoms with Crippen LogP contribution in [0.5, 0.6) is 0 Å². The number of hydrogen-bond donors (Lipinski definition) is 2. The minimum Gasteiger partial charge on any atom is -0.337 e. The Morgan fingerprint density at radius 2 is 1.62 bits per heavy atom. The Kier molecular flexibility index (Phi) is 7.21. The number of rotatable bonds is 5. The molecule has 2 aromatic rings. The first-order valence-electron chi connectivity index (χ1n) is 9.14. The molecule has 5 nitrogen and oxygen atoms in total. The summed E-state index contributed by atoms with van der Waals surface area (Å²) in [6.45, 7) is 1.39. The summed E-state index contributed by atoms with van der Waals surface area (Å²) in [6, 6.07) is 13.2. The first-order valence-corrected chi connectivity index (χ1v) is 10.3. The number of carbonyl (C=O) groups is 2. The highest BCUT2D eigenvalue weighted by atomic mass is 32.2. The number of nitrogens with one attached hydrogen (secondary N) is 1. The number of halogens is 1. The molecule has 2 amide bonds. The maximum atomic E-state index is 13.4. The molecule has 0 atom stereocenters. The second-order valence-electron chi connectivity index (χ2n) is 6.45. The van der Waals surface area contributed by atoms with E-state index < -0.39 is 5.91 Å². The zero-order valence-corrected chi connectivity index (χ0v) is 16.5. The molecule has 3 rings (SSSR count). The SMILES string of the molecule is O=C(/C=C/c1ccc(/C=C(\C(=O)N2CCSCC2)c2ccc(F)cc2)cc1)NO. The first-order chi connectivity index (χ1) is 14.1. The number of nitrogens with zero attached hydrogens (tertiary/aromatic N) is 1. The van der Waals surface area contributed by atoms with E-state index in [1.54, 1.807) is 36.4 Å². The summed E-state index contributed by atoms with van der Waals surface area (Å²) in [7, 11) is 0. The van der Waals surface area contributed by atoms with Crippen LogP contribution in [0.4, 0.5) is 4.39 Å². The summed E-state index contributed by atoms with van der Waals surface area (Å²) in [5.74, 6) is 0.784. The predicted molar refractivity (Wildman–Crippen MR) is 114 cm³/mol. The molecule has 0 spiro atoms. The quantitative estimate of drug-likeness (QED) is 0.342. The van der Waals surface area contributed by atoms with Gasteiger partial charge in [0.2, 0.25) is 0 Å². The van der Waals surface area contributed by atoms with Crippen LogP contribution in [0, 0.1) is 5.82 Å². The standard InChI is InChI=1S/C22H21FN2O3S/c23-19-8-6-18(7-9-19)20(22(27)25-11-13-29-14-12-25)15-17-3-1-16(2-4-17)5-10-21(26)24-28/h1-10,15,28H,11-14H2,(H,24,26)/b10-5+,20-15-. The number of amides is 2. The van der Waals surface area contributed by atoms with Crippen molar-refractivity contribution in [2.75, 3.05) is 24.6 Å². The monoisotopic (exact) mass is 412 g/mol. The molecule has 150 valence electrons. The van der Waals surface area contributed by atoms with E-state index in [0.29, 0.717) is 24.2 Å². The Bertz CT molecular complexity index is 918. The molecule has 1 fully saturated rings. The van der Waals surface area contributed by atoms with Gasteiger partial charge < -0.3 is 4.90 Å². The lowest BCUT2D eigenvalue weighted by atomic mass is 10.0. The molecule has 0 unspecified atom stereocenters. The maximum Gasteiger partial charge on any atom is 0.267 e. The second-order valence-corrected chi connectivity index (χ2v) is 7.67. The van der Waals surface area contributed by atoms with Gasteiger partial charge in [-0.3, -0.25) is 14.8 Å². The van der Waals surface area contributed by atoms with Crippen LogP contribution in [0.15, 0.2) is 54.6 Å². The van der Waals surface area contributed by atoms with Gasteiger partial charge in [0.25, 0.3) is 11.8 Å². The maximum absolute atomic E-state index is 13.4. The number of thioether (sulfide) groups is 1. The third kappa shape index (κ3) is 5.79. The summed E-state index contributed by atoms with van der Waals surface area (Å²) < 4.78 is 13.4. The van der Waals surface area contributed by atoms with Crippen molar-refractivity contribution in [2.24, 2.45) is 0 Å². The molecule has 0 saturated carbocycles. The largest absolute Gasteiger partial charge is 0.337 e. The highest BCUT2D eigenvalue weighted by Gasteiger charge is 2.21. The minimum absolute atomic E-state index is 0.0690. The summed E-state index contributed by atoms with van der Waals surface area (Å²) in [5.41, 5.74) is 4.30. The third-order valence-electron chi connectivity index (χ3n) is 4.47. The van der Waals surface area contributed by atoms with Crippen molar-refractivity contribution in [3.63, 3.8) is 0 Å². The van der Waals surface area contributed by atoms with Gasteiger partial charge >= 0.3 is 0 Å². The highest BCUT2D eigenvalue weighted by molar-refractivity contribution is 7.99. The van der Waals surface area contributed by atoms with Crippen molar-refractivity contribution < 1.29 is 19.2 Å². The van der Waals surface area contributed by atoms with Gasteiger partial charge in [-0.15, -0.1) is 0 Å². The van der Waals surface area contributed by atoms with Crippen LogP contribution in [-0.4, -0.2) is 46.5 Å². The van der Waals surface area contributed by atoms with Crippen LogP contribution in [0.1, 0.15) is 16.7 Å². The zero-order chi connectivity index (χ0) is 20.6.